The summed E-state index contributed by atoms with van der Waals surface area (Å²) >= 11 is 0. The molecule has 4 nitrogen and oxygen atoms in total. The van der Waals surface area contributed by atoms with E-state index in [4.69, 9.17) is 0 Å². The van der Waals surface area contributed by atoms with Crippen molar-refractivity contribution in [3.63, 3.8) is 0 Å². The second-order valence-corrected chi connectivity index (χ2v) is 9.44. The van der Waals surface area contributed by atoms with E-state index in [2.05, 4.69) is 23.8 Å². The first-order valence-corrected chi connectivity index (χ1v) is 11.3. The average Bonchev–Trinajstić information content (AvgIpc) is 3.20. The molecule has 0 radical (unpaired) electrons. The fourth-order valence-corrected chi connectivity index (χ4v) is 5.62. The van der Waals surface area contributed by atoms with Crippen LogP contribution in [-0.4, -0.2) is 35.5 Å². The maximum Gasteiger partial charge on any atom is 0.305 e. The van der Waals surface area contributed by atoms with Crippen LogP contribution in [0, 0.1) is 29.6 Å². The van der Waals surface area contributed by atoms with Crippen molar-refractivity contribution in [3.05, 3.63) is 23.8 Å². The lowest BCUT2D eigenvalue weighted by Gasteiger charge is -2.28. The third-order valence-corrected chi connectivity index (χ3v) is 7.43. The lowest BCUT2D eigenvalue weighted by Crippen LogP contribution is -2.24. The summed E-state index contributed by atoms with van der Waals surface area (Å²) < 4.78 is 4.69. The number of carbonyl (C=O) groups excluding carboxylic acids is 1. The molecule has 0 aromatic heterocycles. The molecule has 0 heterocycles. The molecule has 28 heavy (non-hydrogen) atoms. The van der Waals surface area contributed by atoms with Crippen LogP contribution in [0.25, 0.3) is 0 Å². The SMILES string of the molecule is COC(=O)CCCC=C1C[C@@H]2C[C@@H](O)[C@H](C=C[C@H](O)C3CCC(C)CC3)[C@H]2C1. The van der Waals surface area contributed by atoms with Crippen molar-refractivity contribution < 1.29 is 19.7 Å². The van der Waals surface area contributed by atoms with E-state index in [1.807, 2.05) is 6.08 Å². The summed E-state index contributed by atoms with van der Waals surface area (Å²) in [5, 5.41) is 21.1. The van der Waals surface area contributed by atoms with Gasteiger partial charge in [0.25, 0.3) is 0 Å². The summed E-state index contributed by atoms with van der Waals surface area (Å²) in [6.07, 6.45) is 15.7. The third kappa shape index (κ3) is 5.48. The molecule has 3 saturated carbocycles. The Morgan fingerprint density at radius 3 is 2.71 bits per heavy atom. The van der Waals surface area contributed by atoms with Crippen molar-refractivity contribution in [3.8, 4) is 0 Å². The van der Waals surface area contributed by atoms with E-state index >= 15 is 0 Å². The predicted octanol–water partition coefficient (Wildman–Crippen LogP) is 4.41. The first-order valence-electron chi connectivity index (χ1n) is 11.3. The number of rotatable bonds is 7. The first kappa shape index (κ1) is 21.6. The maximum atomic E-state index is 11.2. The van der Waals surface area contributed by atoms with Crippen molar-refractivity contribution in [1.82, 2.24) is 0 Å². The molecule has 3 aliphatic rings. The Morgan fingerprint density at radius 1 is 1.25 bits per heavy atom. The van der Waals surface area contributed by atoms with Crippen LogP contribution in [0.4, 0.5) is 0 Å². The van der Waals surface area contributed by atoms with Gasteiger partial charge in [0.15, 0.2) is 0 Å². The molecule has 5 atom stereocenters. The molecule has 2 N–H and O–H groups in total. The van der Waals surface area contributed by atoms with E-state index in [1.165, 1.54) is 25.5 Å². The van der Waals surface area contributed by atoms with Gasteiger partial charge < -0.3 is 14.9 Å². The molecular weight excluding hydrogens is 352 g/mol. The van der Waals surface area contributed by atoms with Gasteiger partial charge in [0.05, 0.1) is 19.3 Å². The number of carbonyl (C=O) groups is 1. The second-order valence-electron chi connectivity index (χ2n) is 9.44. The lowest BCUT2D eigenvalue weighted by molar-refractivity contribution is -0.140. The Bertz CT molecular complexity index is 573. The van der Waals surface area contributed by atoms with Gasteiger partial charge in [0.1, 0.15) is 0 Å². The molecule has 0 aromatic carbocycles. The van der Waals surface area contributed by atoms with Crippen LogP contribution in [0.5, 0.6) is 0 Å². The van der Waals surface area contributed by atoms with Crippen molar-refractivity contribution in [2.24, 2.45) is 29.6 Å². The molecule has 0 aliphatic heterocycles. The Kier molecular flexibility index (Phi) is 7.76. The van der Waals surface area contributed by atoms with Gasteiger partial charge in [-0.1, -0.05) is 43.6 Å². The zero-order valence-electron chi connectivity index (χ0n) is 17.6. The highest BCUT2D eigenvalue weighted by Crippen LogP contribution is 2.50. The molecule has 3 rings (SSSR count). The number of hydrogen-bond donors (Lipinski definition) is 2. The number of aliphatic hydroxyl groups excluding tert-OH is 2. The van der Waals surface area contributed by atoms with E-state index < -0.39 is 0 Å². The van der Waals surface area contributed by atoms with Crippen molar-refractivity contribution in [1.29, 1.82) is 0 Å². The van der Waals surface area contributed by atoms with Gasteiger partial charge >= 0.3 is 5.97 Å². The fraction of sp³-hybridized carbons (Fsp3) is 0.792. The molecule has 0 spiro atoms. The van der Waals surface area contributed by atoms with E-state index in [0.717, 1.165) is 50.9 Å². The van der Waals surface area contributed by atoms with Gasteiger partial charge in [-0.15, -0.1) is 0 Å². The molecule has 0 saturated heterocycles. The van der Waals surface area contributed by atoms with Crippen LogP contribution in [0.2, 0.25) is 0 Å². The summed E-state index contributed by atoms with van der Waals surface area (Å²) in [7, 11) is 1.43. The fourth-order valence-electron chi connectivity index (χ4n) is 5.62. The van der Waals surface area contributed by atoms with Crippen LogP contribution >= 0.6 is 0 Å². The minimum atomic E-state index is -0.367. The van der Waals surface area contributed by atoms with Gasteiger partial charge in [-0.2, -0.15) is 0 Å². The second kappa shape index (κ2) is 10.1. The van der Waals surface area contributed by atoms with Gasteiger partial charge in [-0.05, 0) is 68.6 Å². The average molecular weight is 391 g/mol. The maximum absolute atomic E-state index is 11.2. The van der Waals surface area contributed by atoms with Crippen LogP contribution in [0.15, 0.2) is 23.8 Å². The summed E-state index contributed by atoms with van der Waals surface area (Å²) in [4.78, 5) is 11.2. The van der Waals surface area contributed by atoms with E-state index in [9.17, 15) is 15.0 Å². The van der Waals surface area contributed by atoms with Gasteiger partial charge in [-0.25, -0.2) is 0 Å². The zero-order chi connectivity index (χ0) is 20.1. The quantitative estimate of drug-likeness (QED) is 0.384. The molecule has 3 aliphatic carbocycles. The third-order valence-electron chi connectivity index (χ3n) is 7.43. The van der Waals surface area contributed by atoms with Crippen LogP contribution < -0.4 is 0 Å². The Morgan fingerprint density at radius 2 is 2.00 bits per heavy atom. The molecule has 0 unspecified atom stereocenters. The summed E-state index contributed by atoms with van der Waals surface area (Å²) in [6.45, 7) is 2.30. The van der Waals surface area contributed by atoms with Crippen molar-refractivity contribution in [2.75, 3.05) is 7.11 Å². The van der Waals surface area contributed by atoms with Crippen LogP contribution in [0.1, 0.15) is 71.1 Å². The Hall–Kier alpha value is -1.13. The highest BCUT2D eigenvalue weighted by atomic mass is 16.5. The molecule has 0 aromatic rings. The number of hydrogen-bond acceptors (Lipinski definition) is 4. The normalized spacial score (nSPS) is 38.1. The molecule has 158 valence electrons. The van der Waals surface area contributed by atoms with Gasteiger partial charge in [0.2, 0.25) is 0 Å². The highest BCUT2D eigenvalue weighted by molar-refractivity contribution is 5.69. The van der Waals surface area contributed by atoms with Crippen LogP contribution in [-0.2, 0) is 9.53 Å². The van der Waals surface area contributed by atoms with Crippen molar-refractivity contribution in [2.45, 2.75) is 83.3 Å². The topological polar surface area (TPSA) is 66.8 Å². The number of ether oxygens (including phenoxy) is 1. The molecular formula is C24H38O4. The van der Waals surface area contributed by atoms with E-state index in [1.54, 1.807) is 0 Å². The largest absolute Gasteiger partial charge is 0.469 e. The minimum absolute atomic E-state index is 0.138. The molecule has 4 heteroatoms. The lowest BCUT2D eigenvalue weighted by atomic mass is 9.79. The zero-order valence-corrected chi connectivity index (χ0v) is 17.6. The summed E-state index contributed by atoms with van der Waals surface area (Å²) in [5.41, 5.74) is 1.48. The number of esters is 1. The van der Waals surface area contributed by atoms with E-state index in [-0.39, 0.29) is 24.1 Å². The smallest absolute Gasteiger partial charge is 0.305 e. The van der Waals surface area contributed by atoms with Gasteiger partial charge in [0, 0.05) is 12.3 Å². The predicted molar refractivity (Wildman–Crippen MR) is 111 cm³/mol. The molecule has 3 fully saturated rings. The summed E-state index contributed by atoms with van der Waals surface area (Å²) in [5.74, 6) is 2.27. The molecule has 0 amide bonds. The standard InChI is InChI=1S/C24H38O4/c1-16-7-9-18(10-8-16)22(25)12-11-20-21-14-17(13-19(21)15-23(20)26)5-3-4-6-24(27)28-2/h5,11-12,16,18-23,25-26H,3-4,6-10,13-15H2,1-2H3/t16?,18?,19-,20-,21+,22+,23-/m1/s1. The highest BCUT2D eigenvalue weighted by Gasteiger charge is 2.45. The first-order chi connectivity index (χ1) is 13.5. The number of fused-ring (bicyclic) bond motifs is 1. The Labute approximate surface area is 170 Å². The van der Waals surface area contributed by atoms with Gasteiger partial charge in [-0.3, -0.25) is 4.79 Å². The number of aliphatic hydroxyl groups is 2. The number of allylic oxidation sites excluding steroid dienone is 2. The minimum Gasteiger partial charge on any atom is -0.469 e. The van der Waals surface area contributed by atoms with Crippen LogP contribution in [0.3, 0.4) is 0 Å². The monoisotopic (exact) mass is 390 g/mol. The summed E-state index contributed by atoms with van der Waals surface area (Å²) in [6, 6.07) is 0. The Balaban J connectivity index is 1.50. The van der Waals surface area contributed by atoms with E-state index in [0.29, 0.717) is 24.2 Å². The number of unbranched alkanes of at least 4 members (excludes halogenated alkanes) is 1. The van der Waals surface area contributed by atoms with Crippen molar-refractivity contribution >= 4 is 5.97 Å². The number of methoxy groups -OCH3 is 1. The molecule has 0 bridgehead atoms.